The van der Waals surface area contributed by atoms with Gasteiger partial charge in [0, 0.05) is 19.1 Å². The van der Waals surface area contributed by atoms with Crippen molar-refractivity contribution in [1.29, 1.82) is 0 Å². The average molecular weight is 202 g/mol. The fourth-order valence-corrected chi connectivity index (χ4v) is 1.10. The quantitative estimate of drug-likeness (QED) is 0.608. The second-order valence-corrected chi connectivity index (χ2v) is 3.41. The van der Waals surface area contributed by atoms with E-state index in [0.29, 0.717) is 6.42 Å². The number of amides is 2. The van der Waals surface area contributed by atoms with E-state index in [4.69, 9.17) is 10.8 Å². The lowest BCUT2D eigenvalue weighted by Gasteiger charge is -2.25. The molecule has 0 radical (unpaired) electrons. The number of carbonyl (C=O) groups is 2. The standard InChI is InChI=1S/C9H18N2O3/c1-7(2)11(6-8(10)13)9(14)4-3-5-12/h7,12H,3-6H2,1-2H3,(H2,10,13). The maximum Gasteiger partial charge on any atom is 0.237 e. The number of hydrogen-bond acceptors (Lipinski definition) is 3. The predicted octanol–water partition coefficient (Wildman–Crippen LogP) is -0.519. The highest BCUT2D eigenvalue weighted by Crippen LogP contribution is 2.02. The molecule has 82 valence electrons. The van der Waals surface area contributed by atoms with Crippen LogP contribution >= 0.6 is 0 Å². The van der Waals surface area contributed by atoms with Crippen molar-refractivity contribution in [1.82, 2.24) is 4.90 Å². The van der Waals surface area contributed by atoms with Crippen LogP contribution in [-0.2, 0) is 9.59 Å². The summed E-state index contributed by atoms with van der Waals surface area (Å²) in [6.07, 6.45) is 0.669. The van der Waals surface area contributed by atoms with Crippen molar-refractivity contribution >= 4 is 11.8 Å². The summed E-state index contributed by atoms with van der Waals surface area (Å²) in [4.78, 5) is 23.6. The molecule has 0 aromatic rings. The molecule has 0 aliphatic rings. The zero-order valence-corrected chi connectivity index (χ0v) is 8.69. The largest absolute Gasteiger partial charge is 0.396 e. The van der Waals surface area contributed by atoms with Crippen LogP contribution < -0.4 is 5.73 Å². The number of nitrogens with zero attached hydrogens (tertiary/aromatic N) is 1. The molecule has 0 aromatic carbocycles. The molecule has 0 aliphatic heterocycles. The summed E-state index contributed by atoms with van der Waals surface area (Å²) in [5.74, 6) is -0.663. The first-order valence-electron chi connectivity index (χ1n) is 4.67. The number of primary amides is 1. The normalized spacial score (nSPS) is 10.3. The fourth-order valence-electron chi connectivity index (χ4n) is 1.10. The third kappa shape index (κ3) is 4.81. The number of carbonyl (C=O) groups excluding carboxylic acids is 2. The molecule has 0 fully saturated rings. The van der Waals surface area contributed by atoms with Gasteiger partial charge in [0.1, 0.15) is 0 Å². The smallest absolute Gasteiger partial charge is 0.237 e. The minimum atomic E-state index is -0.518. The van der Waals surface area contributed by atoms with Gasteiger partial charge in [-0.05, 0) is 20.3 Å². The Morgan fingerprint density at radius 3 is 2.36 bits per heavy atom. The van der Waals surface area contributed by atoms with Crippen molar-refractivity contribution in [2.45, 2.75) is 32.7 Å². The van der Waals surface area contributed by atoms with E-state index in [-0.39, 0.29) is 31.5 Å². The van der Waals surface area contributed by atoms with Crippen molar-refractivity contribution in [3.05, 3.63) is 0 Å². The van der Waals surface area contributed by atoms with Gasteiger partial charge >= 0.3 is 0 Å². The van der Waals surface area contributed by atoms with Crippen LogP contribution in [0.25, 0.3) is 0 Å². The summed E-state index contributed by atoms with van der Waals surface area (Å²) in [5.41, 5.74) is 5.02. The zero-order chi connectivity index (χ0) is 11.1. The number of hydrogen-bond donors (Lipinski definition) is 2. The van der Waals surface area contributed by atoms with E-state index in [1.165, 1.54) is 4.90 Å². The van der Waals surface area contributed by atoms with Crippen LogP contribution in [0.15, 0.2) is 0 Å². The highest BCUT2D eigenvalue weighted by Gasteiger charge is 2.17. The van der Waals surface area contributed by atoms with E-state index in [9.17, 15) is 9.59 Å². The molecule has 0 atom stereocenters. The summed E-state index contributed by atoms with van der Waals surface area (Å²) in [5, 5.41) is 8.56. The van der Waals surface area contributed by atoms with E-state index >= 15 is 0 Å². The summed E-state index contributed by atoms with van der Waals surface area (Å²) in [6, 6.07) is -0.0475. The van der Waals surface area contributed by atoms with Crippen molar-refractivity contribution < 1.29 is 14.7 Å². The SMILES string of the molecule is CC(C)N(CC(N)=O)C(=O)CCCO. The summed E-state index contributed by atoms with van der Waals surface area (Å²) >= 11 is 0. The van der Waals surface area contributed by atoms with Gasteiger partial charge in [-0.25, -0.2) is 0 Å². The van der Waals surface area contributed by atoms with Crippen molar-refractivity contribution in [3.63, 3.8) is 0 Å². The van der Waals surface area contributed by atoms with E-state index in [1.54, 1.807) is 0 Å². The highest BCUT2D eigenvalue weighted by atomic mass is 16.3. The minimum absolute atomic E-state index is 0.0196. The lowest BCUT2D eigenvalue weighted by molar-refractivity contribution is -0.137. The lowest BCUT2D eigenvalue weighted by Crippen LogP contribution is -2.42. The Hall–Kier alpha value is -1.10. The second-order valence-electron chi connectivity index (χ2n) is 3.41. The third-order valence-electron chi connectivity index (χ3n) is 1.82. The number of aliphatic hydroxyl groups excluding tert-OH is 1. The molecule has 0 saturated carbocycles. The van der Waals surface area contributed by atoms with Crippen LogP contribution in [0.1, 0.15) is 26.7 Å². The molecule has 0 unspecified atom stereocenters. The van der Waals surface area contributed by atoms with Gasteiger partial charge in [0.15, 0.2) is 0 Å². The zero-order valence-electron chi connectivity index (χ0n) is 8.69. The Morgan fingerprint density at radius 1 is 1.43 bits per heavy atom. The van der Waals surface area contributed by atoms with Crippen LogP contribution in [0.5, 0.6) is 0 Å². The number of nitrogens with two attached hydrogens (primary N) is 1. The van der Waals surface area contributed by atoms with Gasteiger partial charge in [-0.3, -0.25) is 9.59 Å². The Labute approximate surface area is 83.9 Å². The van der Waals surface area contributed by atoms with Crippen molar-refractivity contribution in [2.24, 2.45) is 5.73 Å². The molecule has 0 bridgehead atoms. The highest BCUT2D eigenvalue weighted by molar-refractivity contribution is 5.83. The van der Waals surface area contributed by atoms with Crippen LogP contribution in [0.4, 0.5) is 0 Å². The molecule has 0 saturated heterocycles. The number of rotatable bonds is 6. The average Bonchev–Trinajstić information content (AvgIpc) is 2.09. The minimum Gasteiger partial charge on any atom is -0.396 e. The topological polar surface area (TPSA) is 83.6 Å². The van der Waals surface area contributed by atoms with E-state index in [0.717, 1.165) is 0 Å². The van der Waals surface area contributed by atoms with E-state index in [1.807, 2.05) is 13.8 Å². The maximum absolute atomic E-state index is 11.5. The van der Waals surface area contributed by atoms with Gasteiger partial charge < -0.3 is 15.7 Å². The molecular weight excluding hydrogens is 184 g/mol. The van der Waals surface area contributed by atoms with Crippen LogP contribution in [0.3, 0.4) is 0 Å². The monoisotopic (exact) mass is 202 g/mol. The summed E-state index contributed by atoms with van der Waals surface area (Å²) in [7, 11) is 0. The Bertz CT molecular complexity index is 204. The molecule has 2 amide bonds. The lowest BCUT2D eigenvalue weighted by atomic mass is 10.2. The fraction of sp³-hybridized carbons (Fsp3) is 0.778. The first kappa shape index (κ1) is 12.9. The van der Waals surface area contributed by atoms with Gasteiger partial charge in [0.25, 0.3) is 0 Å². The summed E-state index contributed by atoms with van der Waals surface area (Å²) < 4.78 is 0. The van der Waals surface area contributed by atoms with Gasteiger partial charge in [-0.2, -0.15) is 0 Å². The Morgan fingerprint density at radius 2 is 2.00 bits per heavy atom. The molecule has 0 spiro atoms. The molecule has 3 N–H and O–H groups in total. The maximum atomic E-state index is 11.5. The predicted molar refractivity (Wildman–Crippen MR) is 52.4 cm³/mol. The Kier molecular flexibility index (Phi) is 5.87. The molecule has 5 nitrogen and oxygen atoms in total. The molecule has 14 heavy (non-hydrogen) atoms. The molecular formula is C9H18N2O3. The van der Waals surface area contributed by atoms with Gasteiger partial charge in [0.2, 0.25) is 11.8 Å². The molecule has 0 aliphatic carbocycles. The van der Waals surface area contributed by atoms with Crippen LogP contribution in [-0.4, -0.2) is 41.0 Å². The van der Waals surface area contributed by atoms with Crippen LogP contribution in [0.2, 0.25) is 0 Å². The van der Waals surface area contributed by atoms with Crippen molar-refractivity contribution in [2.75, 3.05) is 13.2 Å². The third-order valence-corrected chi connectivity index (χ3v) is 1.82. The number of aliphatic hydroxyl groups is 1. The second kappa shape index (κ2) is 6.37. The van der Waals surface area contributed by atoms with Crippen molar-refractivity contribution in [3.8, 4) is 0 Å². The first-order valence-corrected chi connectivity index (χ1v) is 4.67. The summed E-state index contributed by atoms with van der Waals surface area (Å²) in [6.45, 7) is 3.57. The Balaban J connectivity index is 4.19. The van der Waals surface area contributed by atoms with E-state index in [2.05, 4.69) is 0 Å². The van der Waals surface area contributed by atoms with Crippen LogP contribution in [0, 0.1) is 0 Å². The van der Waals surface area contributed by atoms with Gasteiger partial charge in [-0.1, -0.05) is 0 Å². The molecule has 0 rings (SSSR count). The van der Waals surface area contributed by atoms with Gasteiger partial charge in [0.05, 0.1) is 6.54 Å². The molecule has 0 heterocycles. The van der Waals surface area contributed by atoms with E-state index < -0.39 is 5.91 Å². The van der Waals surface area contributed by atoms with Gasteiger partial charge in [-0.15, -0.1) is 0 Å². The molecule has 5 heteroatoms. The first-order chi connectivity index (χ1) is 6.49. The molecule has 0 aromatic heterocycles.